The summed E-state index contributed by atoms with van der Waals surface area (Å²) in [7, 11) is -3.38. The number of nitrogens with one attached hydrogen (secondary N) is 2. The number of hydrogen-bond acceptors (Lipinski definition) is 7. The van der Waals surface area contributed by atoms with Gasteiger partial charge in [0.1, 0.15) is 18.8 Å². The quantitative estimate of drug-likeness (QED) is 0.421. The lowest BCUT2D eigenvalue weighted by molar-refractivity contribution is -0.0766. The van der Waals surface area contributed by atoms with Gasteiger partial charge < -0.3 is 19.5 Å². The molecule has 0 unspecified atom stereocenters. The van der Waals surface area contributed by atoms with Crippen LogP contribution in [0.5, 0.6) is 0 Å². The van der Waals surface area contributed by atoms with Crippen LogP contribution in [0.2, 0.25) is 0 Å². The highest BCUT2D eigenvalue weighted by Gasteiger charge is 2.28. The zero-order chi connectivity index (χ0) is 20.5. The maximum atomic E-state index is 11.9. The topological polar surface area (TPSA) is 103 Å². The lowest BCUT2D eigenvalue weighted by Gasteiger charge is -2.32. The fourth-order valence-electron chi connectivity index (χ4n) is 2.66. The summed E-state index contributed by atoms with van der Waals surface area (Å²) in [5.74, 6) is 0. The van der Waals surface area contributed by atoms with E-state index in [0.717, 1.165) is 32.2 Å². The Morgan fingerprint density at radius 1 is 1.33 bits per heavy atom. The zero-order valence-corrected chi connectivity index (χ0v) is 17.8. The highest BCUT2D eigenvalue weighted by Crippen LogP contribution is 2.26. The summed E-state index contributed by atoms with van der Waals surface area (Å²) in [5, 5.41) is 3.19. The number of hydrogen-bond donors (Lipinski definition) is 2. The Hall–Kier alpha value is -1.16. The molecule has 158 valence electrons. The zero-order valence-electron chi connectivity index (χ0n) is 17.0. The predicted octanol–water partition coefficient (Wildman–Crippen LogP) is 1.82. The standard InChI is InChI=1S/C18H34N2O6S/c1-6-9-18(3,4)14(2)25-16(12-20-27(5,22)23)13-24-17(21)26-15-7-10-19-11-8-15/h6,9,14-16,19-20H,7-8,10-13H2,1-5H3/t14-,16-/m0/s1. The summed E-state index contributed by atoms with van der Waals surface area (Å²) in [6, 6.07) is 0. The van der Waals surface area contributed by atoms with E-state index in [9.17, 15) is 13.2 Å². The van der Waals surface area contributed by atoms with Crippen molar-refractivity contribution in [1.82, 2.24) is 10.0 Å². The van der Waals surface area contributed by atoms with Crippen LogP contribution in [-0.4, -0.2) is 65.4 Å². The van der Waals surface area contributed by atoms with Crippen molar-refractivity contribution in [3.8, 4) is 0 Å². The molecule has 1 aliphatic rings. The molecule has 0 amide bonds. The van der Waals surface area contributed by atoms with Crippen molar-refractivity contribution in [3.63, 3.8) is 0 Å². The normalized spacial score (nSPS) is 19.0. The monoisotopic (exact) mass is 406 g/mol. The largest absolute Gasteiger partial charge is 0.508 e. The molecular weight excluding hydrogens is 372 g/mol. The van der Waals surface area contributed by atoms with Crippen molar-refractivity contribution in [2.75, 3.05) is 32.5 Å². The molecule has 1 fully saturated rings. The van der Waals surface area contributed by atoms with E-state index in [1.165, 1.54) is 0 Å². The number of carbonyl (C=O) groups is 1. The lowest BCUT2D eigenvalue weighted by Crippen LogP contribution is -2.41. The van der Waals surface area contributed by atoms with Crippen LogP contribution in [0.1, 0.15) is 40.5 Å². The van der Waals surface area contributed by atoms with E-state index in [1.54, 1.807) is 0 Å². The number of sulfonamides is 1. The average molecular weight is 407 g/mol. The second-order valence-corrected chi connectivity index (χ2v) is 9.30. The molecule has 0 aromatic carbocycles. The first-order valence-electron chi connectivity index (χ1n) is 9.31. The fraction of sp³-hybridized carbons (Fsp3) is 0.833. The van der Waals surface area contributed by atoms with Crippen LogP contribution >= 0.6 is 0 Å². The van der Waals surface area contributed by atoms with Gasteiger partial charge in [-0.3, -0.25) is 0 Å². The smallest absolute Gasteiger partial charge is 0.431 e. The highest BCUT2D eigenvalue weighted by atomic mass is 32.2. The van der Waals surface area contributed by atoms with E-state index in [1.807, 2.05) is 39.8 Å². The Bertz CT molecular complexity index is 585. The fourth-order valence-corrected chi connectivity index (χ4v) is 3.15. The predicted molar refractivity (Wildman–Crippen MR) is 104 cm³/mol. The van der Waals surface area contributed by atoms with E-state index >= 15 is 0 Å². The molecule has 1 aliphatic heterocycles. The molecule has 0 aliphatic carbocycles. The van der Waals surface area contributed by atoms with Gasteiger partial charge in [0.2, 0.25) is 10.0 Å². The van der Waals surface area contributed by atoms with Crippen LogP contribution in [0.3, 0.4) is 0 Å². The van der Waals surface area contributed by atoms with Crippen molar-refractivity contribution in [1.29, 1.82) is 0 Å². The summed E-state index contributed by atoms with van der Waals surface area (Å²) in [5.41, 5.74) is -0.256. The molecule has 2 atom stereocenters. The molecule has 27 heavy (non-hydrogen) atoms. The molecule has 0 radical (unpaired) electrons. The second-order valence-electron chi connectivity index (χ2n) is 7.47. The summed E-state index contributed by atoms with van der Waals surface area (Å²) >= 11 is 0. The van der Waals surface area contributed by atoms with Gasteiger partial charge in [-0.1, -0.05) is 26.0 Å². The van der Waals surface area contributed by atoms with Crippen molar-refractivity contribution in [2.45, 2.75) is 58.8 Å². The van der Waals surface area contributed by atoms with E-state index in [-0.39, 0.29) is 30.8 Å². The van der Waals surface area contributed by atoms with E-state index in [2.05, 4.69) is 10.0 Å². The van der Waals surface area contributed by atoms with Crippen molar-refractivity contribution in [2.24, 2.45) is 5.41 Å². The molecule has 1 heterocycles. The summed E-state index contributed by atoms with van der Waals surface area (Å²) in [4.78, 5) is 11.9. The average Bonchev–Trinajstić information content (AvgIpc) is 2.57. The SMILES string of the molecule is CC=CC(C)(C)[C@H](C)O[C@@H](CNS(C)(=O)=O)COC(=O)OC1CCNCC1. The molecule has 2 N–H and O–H groups in total. The van der Waals surface area contributed by atoms with Crippen LogP contribution in [0.4, 0.5) is 4.79 Å². The molecule has 9 heteroatoms. The van der Waals surface area contributed by atoms with Gasteiger partial charge in [-0.15, -0.1) is 0 Å². The summed E-state index contributed by atoms with van der Waals surface area (Å²) in [6.45, 7) is 9.39. The number of carbonyl (C=O) groups excluding carboxylic acids is 1. The minimum atomic E-state index is -3.38. The van der Waals surface area contributed by atoms with Crippen molar-refractivity contribution < 1.29 is 27.4 Å². The Balaban J connectivity index is 2.60. The highest BCUT2D eigenvalue weighted by molar-refractivity contribution is 7.88. The van der Waals surface area contributed by atoms with Gasteiger partial charge in [-0.25, -0.2) is 17.9 Å². The third kappa shape index (κ3) is 10.1. The Morgan fingerprint density at radius 3 is 2.52 bits per heavy atom. The molecule has 1 rings (SSSR count). The van der Waals surface area contributed by atoms with Crippen LogP contribution in [-0.2, 0) is 24.2 Å². The molecule has 1 saturated heterocycles. The molecular formula is C18H34N2O6S. The van der Waals surface area contributed by atoms with Gasteiger partial charge in [0.15, 0.2) is 0 Å². The van der Waals surface area contributed by atoms with Crippen LogP contribution in [0.25, 0.3) is 0 Å². The van der Waals surface area contributed by atoms with Gasteiger partial charge >= 0.3 is 6.16 Å². The maximum absolute atomic E-state index is 11.9. The summed E-state index contributed by atoms with van der Waals surface area (Å²) in [6.07, 6.45) is 4.78. The lowest BCUT2D eigenvalue weighted by atomic mass is 9.87. The minimum absolute atomic E-state index is 0.00964. The van der Waals surface area contributed by atoms with Crippen LogP contribution < -0.4 is 10.0 Å². The first-order valence-corrected chi connectivity index (χ1v) is 11.2. The van der Waals surface area contributed by atoms with Gasteiger partial charge in [0, 0.05) is 12.0 Å². The summed E-state index contributed by atoms with van der Waals surface area (Å²) < 4.78 is 41.7. The van der Waals surface area contributed by atoms with Crippen molar-refractivity contribution in [3.05, 3.63) is 12.2 Å². The Labute approximate surface area is 163 Å². The van der Waals surface area contributed by atoms with E-state index < -0.39 is 22.3 Å². The van der Waals surface area contributed by atoms with Crippen LogP contribution in [0, 0.1) is 5.41 Å². The second kappa shape index (κ2) is 11.0. The third-order valence-electron chi connectivity index (χ3n) is 4.55. The number of rotatable bonds is 10. The molecule has 0 aromatic rings. The molecule has 0 aromatic heterocycles. The number of ether oxygens (including phenoxy) is 3. The van der Waals surface area contributed by atoms with E-state index in [0.29, 0.717) is 0 Å². The van der Waals surface area contributed by atoms with Gasteiger partial charge in [-0.05, 0) is 39.8 Å². The van der Waals surface area contributed by atoms with Crippen LogP contribution in [0.15, 0.2) is 12.2 Å². The van der Waals surface area contributed by atoms with Gasteiger partial charge in [0.05, 0.1) is 12.4 Å². The van der Waals surface area contributed by atoms with Gasteiger partial charge in [-0.2, -0.15) is 0 Å². The maximum Gasteiger partial charge on any atom is 0.508 e. The Morgan fingerprint density at radius 2 is 1.96 bits per heavy atom. The minimum Gasteiger partial charge on any atom is -0.431 e. The first-order chi connectivity index (χ1) is 12.5. The van der Waals surface area contributed by atoms with Crippen molar-refractivity contribution >= 4 is 16.2 Å². The third-order valence-corrected chi connectivity index (χ3v) is 5.24. The number of piperidine rings is 1. The molecule has 0 saturated carbocycles. The first kappa shape index (κ1) is 23.9. The Kier molecular flexibility index (Phi) is 9.72. The molecule has 0 spiro atoms. The van der Waals surface area contributed by atoms with E-state index in [4.69, 9.17) is 14.2 Å². The van der Waals surface area contributed by atoms with Gasteiger partial charge in [0.25, 0.3) is 0 Å². The number of allylic oxidation sites excluding steroid dienone is 1. The molecule has 8 nitrogen and oxygen atoms in total. The molecule has 0 bridgehead atoms.